The molecule has 0 aliphatic heterocycles. The number of methoxy groups -OCH3 is 1. The standard InChI is InChI=1S/C15H27N3O/c1-6-17(4)11-12-18(7-2)13(3)14-9-8-10-16-15(14)19-5/h8-10,13H,6-7,11-12H2,1-5H3/t13-/m1/s1. The minimum atomic E-state index is 0.318. The number of rotatable bonds is 8. The van der Waals surface area contributed by atoms with E-state index in [0.717, 1.165) is 37.6 Å². The summed E-state index contributed by atoms with van der Waals surface area (Å²) in [4.78, 5) is 9.07. The molecule has 0 saturated heterocycles. The molecule has 1 heterocycles. The van der Waals surface area contributed by atoms with Crippen LogP contribution in [0, 0.1) is 0 Å². The third-order valence-electron chi connectivity index (χ3n) is 3.71. The fraction of sp³-hybridized carbons (Fsp3) is 0.667. The summed E-state index contributed by atoms with van der Waals surface area (Å²) in [7, 11) is 3.84. The van der Waals surface area contributed by atoms with Crippen molar-refractivity contribution in [2.45, 2.75) is 26.8 Å². The fourth-order valence-electron chi connectivity index (χ4n) is 2.17. The lowest BCUT2D eigenvalue weighted by Crippen LogP contribution is -2.35. The van der Waals surface area contributed by atoms with Gasteiger partial charge in [-0.15, -0.1) is 0 Å². The second-order valence-electron chi connectivity index (χ2n) is 4.80. The summed E-state index contributed by atoms with van der Waals surface area (Å²) >= 11 is 0. The molecule has 0 saturated carbocycles. The van der Waals surface area contributed by atoms with Gasteiger partial charge in [0.1, 0.15) is 0 Å². The number of hydrogen-bond acceptors (Lipinski definition) is 4. The predicted octanol–water partition coefficient (Wildman–Crippen LogP) is 2.42. The molecule has 0 bridgehead atoms. The third kappa shape index (κ3) is 4.48. The summed E-state index contributed by atoms with van der Waals surface area (Å²) < 4.78 is 5.36. The van der Waals surface area contributed by atoms with E-state index in [-0.39, 0.29) is 0 Å². The van der Waals surface area contributed by atoms with E-state index in [1.165, 1.54) is 0 Å². The van der Waals surface area contributed by atoms with Gasteiger partial charge in [-0.1, -0.05) is 19.9 Å². The molecule has 0 N–H and O–H groups in total. The van der Waals surface area contributed by atoms with E-state index in [9.17, 15) is 0 Å². The van der Waals surface area contributed by atoms with Crippen LogP contribution in [0.2, 0.25) is 0 Å². The number of hydrogen-bond donors (Lipinski definition) is 0. The Morgan fingerprint density at radius 3 is 2.58 bits per heavy atom. The van der Waals surface area contributed by atoms with Crippen LogP contribution >= 0.6 is 0 Å². The van der Waals surface area contributed by atoms with Gasteiger partial charge >= 0.3 is 0 Å². The van der Waals surface area contributed by atoms with Crippen molar-refractivity contribution in [3.05, 3.63) is 23.9 Å². The molecule has 4 nitrogen and oxygen atoms in total. The highest BCUT2D eigenvalue weighted by Crippen LogP contribution is 2.26. The molecule has 1 aromatic heterocycles. The Balaban J connectivity index is 2.74. The first kappa shape index (κ1) is 15.9. The summed E-state index contributed by atoms with van der Waals surface area (Å²) in [5, 5.41) is 0. The fourth-order valence-corrected chi connectivity index (χ4v) is 2.17. The number of ether oxygens (including phenoxy) is 1. The van der Waals surface area contributed by atoms with Crippen LogP contribution < -0.4 is 4.74 Å². The van der Waals surface area contributed by atoms with Gasteiger partial charge in [-0.05, 0) is 33.1 Å². The van der Waals surface area contributed by atoms with Crippen LogP contribution in [-0.2, 0) is 0 Å². The molecular formula is C15H27N3O. The maximum absolute atomic E-state index is 5.36. The highest BCUT2D eigenvalue weighted by Gasteiger charge is 2.18. The molecule has 108 valence electrons. The van der Waals surface area contributed by atoms with Gasteiger partial charge in [0.05, 0.1) is 7.11 Å². The quantitative estimate of drug-likeness (QED) is 0.722. The Hall–Kier alpha value is -1.13. The SMILES string of the molecule is CCN(C)CCN(CC)[C@H](C)c1cccnc1OC. The van der Waals surface area contributed by atoms with Gasteiger partial charge in [0.2, 0.25) is 5.88 Å². The normalized spacial score (nSPS) is 13.0. The second-order valence-corrected chi connectivity index (χ2v) is 4.80. The summed E-state index contributed by atoms with van der Waals surface area (Å²) in [6, 6.07) is 4.39. The first-order valence-electron chi connectivity index (χ1n) is 7.05. The molecule has 1 atom stereocenters. The van der Waals surface area contributed by atoms with E-state index in [4.69, 9.17) is 4.74 Å². The van der Waals surface area contributed by atoms with Crippen LogP contribution in [0.1, 0.15) is 32.4 Å². The first-order valence-corrected chi connectivity index (χ1v) is 7.05. The van der Waals surface area contributed by atoms with Crippen molar-refractivity contribution in [3.8, 4) is 5.88 Å². The summed E-state index contributed by atoms with van der Waals surface area (Å²) in [6.07, 6.45) is 1.77. The lowest BCUT2D eigenvalue weighted by molar-refractivity contribution is 0.188. The zero-order valence-electron chi connectivity index (χ0n) is 12.9. The van der Waals surface area contributed by atoms with Gasteiger partial charge in [0, 0.05) is 30.9 Å². The van der Waals surface area contributed by atoms with Gasteiger partial charge in [-0.3, -0.25) is 4.90 Å². The van der Waals surface area contributed by atoms with Gasteiger partial charge in [-0.25, -0.2) is 4.98 Å². The average Bonchev–Trinajstić information content (AvgIpc) is 2.47. The van der Waals surface area contributed by atoms with Gasteiger partial charge in [-0.2, -0.15) is 0 Å². The van der Waals surface area contributed by atoms with Crippen LogP contribution in [0.3, 0.4) is 0 Å². The molecule has 0 aromatic carbocycles. The monoisotopic (exact) mass is 265 g/mol. The third-order valence-corrected chi connectivity index (χ3v) is 3.71. The van der Waals surface area contributed by atoms with Crippen LogP contribution in [0.4, 0.5) is 0 Å². The van der Waals surface area contributed by atoms with Crippen LogP contribution in [0.15, 0.2) is 18.3 Å². The van der Waals surface area contributed by atoms with Crippen molar-refractivity contribution in [1.82, 2.24) is 14.8 Å². The topological polar surface area (TPSA) is 28.6 Å². The van der Waals surface area contributed by atoms with Gasteiger partial charge in [0.25, 0.3) is 0 Å². The molecule has 0 aliphatic rings. The highest BCUT2D eigenvalue weighted by molar-refractivity contribution is 5.28. The molecule has 0 radical (unpaired) electrons. The summed E-state index contributed by atoms with van der Waals surface area (Å²) in [5.74, 6) is 0.734. The zero-order chi connectivity index (χ0) is 14.3. The molecule has 0 unspecified atom stereocenters. The van der Waals surface area contributed by atoms with Crippen LogP contribution in [0.5, 0.6) is 5.88 Å². The van der Waals surface area contributed by atoms with E-state index in [2.05, 4.69) is 48.7 Å². The Bertz CT molecular complexity index is 370. The smallest absolute Gasteiger partial charge is 0.217 e. The number of nitrogens with zero attached hydrogens (tertiary/aromatic N) is 3. The molecule has 1 rings (SSSR count). The molecule has 0 amide bonds. The second kappa shape index (κ2) is 8.12. The van der Waals surface area contributed by atoms with E-state index >= 15 is 0 Å². The van der Waals surface area contributed by atoms with Crippen molar-refractivity contribution >= 4 is 0 Å². The number of pyridine rings is 1. The Labute approximate surface area is 117 Å². The number of aromatic nitrogens is 1. The first-order chi connectivity index (χ1) is 9.13. The minimum absolute atomic E-state index is 0.318. The Morgan fingerprint density at radius 1 is 1.26 bits per heavy atom. The van der Waals surface area contributed by atoms with Crippen LogP contribution in [0.25, 0.3) is 0 Å². The molecular weight excluding hydrogens is 238 g/mol. The molecule has 4 heteroatoms. The molecule has 0 aliphatic carbocycles. The molecule has 0 fully saturated rings. The molecule has 1 aromatic rings. The predicted molar refractivity (Wildman–Crippen MR) is 79.6 cm³/mol. The Kier molecular flexibility index (Phi) is 6.81. The lowest BCUT2D eigenvalue weighted by Gasteiger charge is -2.30. The van der Waals surface area contributed by atoms with Gasteiger partial charge < -0.3 is 9.64 Å². The van der Waals surface area contributed by atoms with Crippen molar-refractivity contribution in [3.63, 3.8) is 0 Å². The number of likely N-dealkylation sites (N-methyl/N-ethyl adjacent to an activating group) is 2. The maximum atomic E-state index is 5.36. The van der Waals surface area contributed by atoms with E-state index in [1.54, 1.807) is 13.3 Å². The molecule has 19 heavy (non-hydrogen) atoms. The van der Waals surface area contributed by atoms with Crippen LogP contribution in [-0.4, -0.2) is 55.1 Å². The van der Waals surface area contributed by atoms with Gasteiger partial charge in [0.15, 0.2) is 0 Å². The maximum Gasteiger partial charge on any atom is 0.217 e. The van der Waals surface area contributed by atoms with Crippen molar-refractivity contribution < 1.29 is 4.74 Å². The summed E-state index contributed by atoms with van der Waals surface area (Å²) in [6.45, 7) is 10.8. The van der Waals surface area contributed by atoms with Crippen molar-refractivity contribution in [2.24, 2.45) is 0 Å². The lowest BCUT2D eigenvalue weighted by atomic mass is 10.1. The van der Waals surface area contributed by atoms with E-state index < -0.39 is 0 Å². The van der Waals surface area contributed by atoms with E-state index in [0.29, 0.717) is 6.04 Å². The highest BCUT2D eigenvalue weighted by atomic mass is 16.5. The summed E-state index contributed by atoms with van der Waals surface area (Å²) in [5.41, 5.74) is 1.16. The van der Waals surface area contributed by atoms with Crippen molar-refractivity contribution in [1.29, 1.82) is 0 Å². The van der Waals surface area contributed by atoms with Crippen molar-refractivity contribution in [2.75, 3.05) is 40.3 Å². The average molecular weight is 265 g/mol. The molecule has 0 spiro atoms. The van der Waals surface area contributed by atoms with E-state index in [1.807, 2.05) is 6.07 Å². The zero-order valence-corrected chi connectivity index (χ0v) is 12.9. The minimum Gasteiger partial charge on any atom is -0.481 e. The Morgan fingerprint density at radius 2 is 2.00 bits per heavy atom. The largest absolute Gasteiger partial charge is 0.481 e.